The summed E-state index contributed by atoms with van der Waals surface area (Å²) in [4.78, 5) is 6.41. The monoisotopic (exact) mass is 318 g/mol. The lowest BCUT2D eigenvalue weighted by Gasteiger charge is -2.15. The van der Waals surface area contributed by atoms with Crippen LogP contribution in [0.2, 0.25) is 0 Å². The minimum absolute atomic E-state index is 0.0207. The number of benzene rings is 1. The molecule has 0 aliphatic heterocycles. The Bertz CT molecular complexity index is 625. The molecule has 0 spiro atoms. The van der Waals surface area contributed by atoms with Crippen LogP contribution in [0.1, 0.15) is 22.9 Å². The first kappa shape index (κ1) is 12.2. The predicted molar refractivity (Wildman–Crippen MR) is 76.6 cm³/mol. The van der Waals surface area contributed by atoms with Gasteiger partial charge >= 0.3 is 0 Å². The Morgan fingerprint density at radius 2 is 1.58 bits per heavy atom. The van der Waals surface area contributed by atoms with Crippen LogP contribution < -0.4 is 0 Å². The van der Waals surface area contributed by atoms with Crippen LogP contribution in [0.15, 0.2) is 59.3 Å². The van der Waals surface area contributed by atoms with Crippen LogP contribution in [-0.2, 0) is 0 Å². The minimum atomic E-state index is -0.249. The van der Waals surface area contributed by atoms with E-state index in [1.165, 1.54) is 0 Å². The van der Waals surface area contributed by atoms with Crippen molar-refractivity contribution in [1.82, 2.24) is 9.97 Å². The summed E-state index contributed by atoms with van der Waals surface area (Å²) >= 11 is 3.19. The highest BCUT2D eigenvalue weighted by atomic mass is 79.9. The molecular weight excluding hydrogens is 307 g/mol. The first-order chi connectivity index (χ1) is 9.25. The Balaban J connectivity index is 2.12. The van der Waals surface area contributed by atoms with Crippen LogP contribution in [-0.4, -0.2) is 9.97 Å². The van der Waals surface area contributed by atoms with E-state index in [0.29, 0.717) is 4.47 Å². The van der Waals surface area contributed by atoms with E-state index in [0.717, 1.165) is 17.0 Å². The highest BCUT2D eigenvalue weighted by Gasteiger charge is 2.19. The van der Waals surface area contributed by atoms with Gasteiger partial charge in [-0.2, -0.15) is 0 Å². The third-order valence-electron chi connectivity index (χ3n) is 3.14. The lowest BCUT2D eigenvalue weighted by atomic mass is 9.92. The van der Waals surface area contributed by atoms with Gasteiger partial charge in [0, 0.05) is 23.8 Å². The molecule has 0 fully saturated rings. The topological polar surface area (TPSA) is 31.6 Å². The summed E-state index contributed by atoms with van der Waals surface area (Å²) in [5.74, 6) is -0.270. The van der Waals surface area contributed by atoms with Crippen molar-refractivity contribution in [2.45, 2.75) is 5.92 Å². The van der Waals surface area contributed by atoms with E-state index in [1.807, 2.05) is 42.7 Å². The molecule has 3 aromatic rings. The first-order valence-corrected chi connectivity index (χ1v) is 6.76. The molecule has 0 saturated carbocycles. The Kier molecular flexibility index (Phi) is 3.25. The van der Waals surface area contributed by atoms with E-state index >= 15 is 0 Å². The molecule has 0 amide bonds. The summed E-state index contributed by atoms with van der Waals surface area (Å²) < 4.78 is 14.2. The number of halogens is 2. The fourth-order valence-corrected chi connectivity index (χ4v) is 2.51. The second-order valence-corrected chi connectivity index (χ2v) is 5.21. The molecule has 4 heteroatoms. The fraction of sp³-hybridized carbons (Fsp3) is 0.0667. The summed E-state index contributed by atoms with van der Waals surface area (Å²) in [6, 6.07) is 13.1. The van der Waals surface area contributed by atoms with Crippen molar-refractivity contribution in [2.24, 2.45) is 0 Å². The van der Waals surface area contributed by atoms with Crippen LogP contribution in [0.25, 0.3) is 0 Å². The van der Waals surface area contributed by atoms with E-state index in [-0.39, 0.29) is 11.7 Å². The summed E-state index contributed by atoms with van der Waals surface area (Å²) in [6.07, 6.45) is 3.75. The molecule has 96 valence electrons. The van der Waals surface area contributed by atoms with Crippen LogP contribution in [0.3, 0.4) is 0 Å². The molecule has 2 heterocycles. The van der Waals surface area contributed by atoms with Gasteiger partial charge in [0.1, 0.15) is 5.82 Å². The van der Waals surface area contributed by atoms with Gasteiger partial charge in [0.15, 0.2) is 0 Å². The number of aromatic nitrogens is 2. The smallest absolute Gasteiger partial charge is 0.137 e. The second kappa shape index (κ2) is 5.05. The fourth-order valence-electron chi connectivity index (χ4n) is 2.27. The Labute approximate surface area is 118 Å². The Morgan fingerprint density at radius 3 is 2.05 bits per heavy atom. The lowest BCUT2D eigenvalue weighted by Crippen LogP contribution is -2.04. The van der Waals surface area contributed by atoms with E-state index < -0.39 is 0 Å². The van der Waals surface area contributed by atoms with Gasteiger partial charge in [0.05, 0.1) is 10.4 Å². The van der Waals surface area contributed by atoms with Crippen molar-refractivity contribution >= 4 is 15.9 Å². The van der Waals surface area contributed by atoms with Gasteiger partial charge in [-0.05, 0) is 57.9 Å². The average molecular weight is 319 g/mol. The van der Waals surface area contributed by atoms with Gasteiger partial charge in [-0.15, -0.1) is 0 Å². The zero-order valence-electron chi connectivity index (χ0n) is 10.0. The minimum Gasteiger partial charge on any atom is -0.364 e. The van der Waals surface area contributed by atoms with Crippen LogP contribution >= 0.6 is 15.9 Å². The van der Waals surface area contributed by atoms with Gasteiger partial charge in [-0.3, -0.25) is 0 Å². The highest BCUT2D eigenvalue weighted by Crippen LogP contribution is 2.31. The van der Waals surface area contributed by atoms with Gasteiger partial charge in [0.25, 0.3) is 0 Å². The maximum Gasteiger partial charge on any atom is 0.137 e. The van der Waals surface area contributed by atoms with Crippen LogP contribution in [0.4, 0.5) is 4.39 Å². The predicted octanol–water partition coefficient (Wildman–Crippen LogP) is 4.42. The molecule has 0 atom stereocenters. The molecule has 2 aromatic heterocycles. The maximum atomic E-state index is 13.8. The van der Waals surface area contributed by atoms with Gasteiger partial charge < -0.3 is 9.97 Å². The number of H-pyrrole nitrogens is 2. The highest BCUT2D eigenvalue weighted by molar-refractivity contribution is 9.10. The van der Waals surface area contributed by atoms with Crippen molar-refractivity contribution in [2.75, 3.05) is 0 Å². The summed E-state index contributed by atoms with van der Waals surface area (Å²) in [5.41, 5.74) is 2.97. The number of hydrogen-bond donors (Lipinski definition) is 2. The molecule has 0 radical (unpaired) electrons. The third kappa shape index (κ3) is 2.36. The van der Waals surface area contributed by atoms with E-state index in [2.05, 4.69) is 25.9 Å². The standard InChI is InChI=1S/C15H12BrFN2/c16-11-6-5-10(9-12(11)17)15(13-3-1-7-18-13)14-4-2-8-19-14/h1-9,15,18-19H. The SMILES string of the molecule is Fc1cc(C(c2ccc[nH]2)c2ccc[nH]2)ccc1Br. The first-order valence-electron chi connectivity index (χ1n) is 5.97. The van der Waals surface area contributed by atoms with Crippen molar-refractivity contribution < 1.29 is 4.39 Å². The zero-order valence-corrected chi connectivity index (χ0v) is 11.6. The van der Waals surface area contributed by atoms with Crippen LogP contribution in [0.5, 0.6) is 0 Å². The second-order valence-electron chi connectivity index (χ2n) is 4.36. The van der Waals surface area contributed by atoms with Gasteiger partial charge in [-0.1, -0.05) is 6.07 Å². The van der Waals surface area contributed by atoms with E-state index in [4.69, 9.17) is 0 Å². The van der Waals surface area contributed by atoms with Crippen molar-refractivity contribution in [1.29, 1.82) is 0 Å². The number of hydrogen-bond acceptors (Lipinski definition) is 0. The van der Waals surface area contributed by atoms with Crippen molar-refractivity contribution in [3.8, 4) is 0 Å². The number of nitrogens with one attached hydrogen (secondary N) is 2. The summed E-state index contributed by atoms with van der Waals surface area (Å²) in [6.45, 7) is 0. The third-order valence-corrected chi connectivity index (χ3v) is 3.79. The number of rotatable bonds is 3. The molecule has 2 N–H and O–H groups in total. The molecule has 0 unspecified atom stereocenters. The van der Waals surface area contributed by atoms with Crippen LogP contribution in [0, 0.1) is 5.82 Å². The Morgan fingerprint density at radius 1 is 0.947 bits per heavy atom. The number of aromatic amines is 2. The molecule has 19 heavy (non-hydrogen) atoms. The molecule has 0 bridgehead atoms. The molecular formula is C15H12BrFN2. The zero-order chi connectivity index (χ0) is 13.2. The van der Waals surface area contributed by atoms with Crippen molar-refractivity contribution in [3.63, 3.8) is 0 Å². The summed E-state index contributed by atoms with van der Waals surface area (Å²) in [5, 5.41) is 0. The van der Waals surface area contributed by atoms with Gasteiger partial charge in [0.2, 0.25) is 0 Å². The molecule has 2 nitrogen and oxygen atoms in total. The summed E-state index contributed by atoms with van der Waals surface area (Å²) in [7, 11) is 0. The van der Waals surface area contributed by atoms with Crippen molar-refractivity contribution in [3.05, 3.63) is 82.1 Å². The molecule has 0 aliphatic carbocycles. The maximum absolute atomic E-state index is 13.8. The lowest BCUT2D eigenvalue weighted by molar-refractivity contribution is 0.618. The molecule has 0 saturated heterocycles. The molecule has 1 aromatic carbocycles. The normalized spacial score (nSPS) is 11.1. The molecule has 3 rings (SSSR count). The van der Waals surface area contributed by atoms with E-state index in [9.17, 15) is 4.39 Å². The van der Waals surface area contributed by atoms with E-state index in [1.54, 1.807) is 12.1 Å². The Hall–Kier alpha value is -1.81. The van der Waals surface area contributed by atoms with Gasteiger partial charge in [-0.25, -0.2) is 4.39 Å². The average Bonchev–Trinajstić information content (AvgIpc) is 3.07. The molecule has 0 aliphatic rings. The largest absolute Gasteiger partial charge is 0.364 e. The quantitative estimate of drug-likeness (QED) is 0.716.